The quantitative estimate of drug-likeness (QED) is 0.306. The number of pyridine rings is 2. The minimum absolute atomic E-state index is 0.0204. The molecule has 0 saturated heterocycles. The number of aryl methyl sites for hydroxylation is 2. The van der Waals surface area contributed by atoms with Gasteiger partial charge in [0.2, 0.25) is 0 Å². The fourth-order valence-corrected chi connectivity index (χ4v) is 5.15. The number of aromatic nitrogens is 6. The van der Waals surface area contributed by atoms with Crippen molar-refractivity contribution in [1.82, 2.24) is 29.5 Å². The van der Waals surface area contributed by atoms with Gasteiger partial charge in [0.05, 0.1) is 21.9 Å². The SMILES string of the molecule is CCS(=O)(=O)c1cc(-c2cc(C3CC3)nc(C)n2)cnc1-c1nc2cc(C(F)(F)C(F)(F)F)cnc2n1C. The van der Waals surface area contributed by atoms with Crippen molar-refractivity contribution in [3.8, 4) is 22.8 Å². The number of sulfone groups is 1. The molecule has 14 heteroatoms. The lowest BCUT2D eigenvalue weighted by Crippen LogP contribution is -2.33. The Morgan fingerprint density at radius 2 is 1.71 bits per heavy atom. The van der Waals surface area contributed by atoms with E-state index in [9.17, 15) is 30.4 Å². The highest BCUT2D eigenvalue weighted by molar-refractivity contribution is 7.91. The molecule has 0 aliphatic heterocycles. The van der Waals surface area contributed by atoms with Crippen LogP contribution in [0.15, 0.2) is 35.5 Å². The van der Waals surface area contributed by atoms with Crippen molar-refractivity contribution in [1.29, 1.82) is 0 Å². The molecule has 0 atom stereocenters. The highest BCUT2D eigenvalue weighted by atomic mass is 32.2. The standard InChI is InChI=1S/C24H21F5N6O2S/c1-4-38(36,37)19-7-14(17-9-16(13-5-6-13)32-12(2)33-17)10-30-20(19)22-34-18-8-15(11-31-21(18)35(22)3)23(25,26)24(27,28)29/h7-11,13H,4-6H2,1-3H3. The molecule has 200 valence electrons. The van der Waals surface area contributed by atoms with Gasteiger partial charge < -0.3 is 4.57 Å². The topological polar surface area (TPSA) is 104 Å². The zero-order valence-corrected chi connectivity index (χ0v) is 21.2. The van der Waals surface area contributed by atoms with Crippen LogP contribution in [0.1, 0.15) is 42.8 Å². The first kappa shape index (κ1) is 26.1. The molecule has 0 radical (unpaired) electrons. The Morgan fingerprint density at radius 3 is 2.34 bits per heavy atom. The van der Waals surface area contributed by atoms with Gasteiger partial charge in [-0.05, 0) is 38.0 Å². The van der Waals surface area contributed by atoms with Gasteiger partial charge in [-0.15, -0.1) is 0 Å². The average Bonchev–Trinajstić information content (AvgIpc) is 3.66. The van der Waals surface area contributed by atoms with Crippen molar-refractivity contribution >= 4 is 21.0 Å². The minimum Gasteiger partial charge on any atom is -0.310 e. The summed E-state index contributed by atoms with van der Waals surface area (Å²) in [6.45, 7) is 3.19. The molecule has 5 rings (SSSR count). The van der Waals surface area contributed by atoms with Gasteiger partial charge in [0.25, 0.3) is 0 Å². The Bertz CT molecular complexity index is 1680. The minimum atomic E-state index is -5.82. The van der Waals surface area contributed by atoms with E-state index in [1.807, 2.05) is 0 Å². The molecule has 4 aromatic rings. The Kier molecular flexibility index (Phi) is 6.00. The molecule has 8 nitrogen and oxygen atoms in total. The number of halogens is 5. The summed E-state index contributed by atoms with van der Waals surface area (Å²) in [6, 6.07) is 3.80. The summed E-state index contributed by atoms with van der Waals surface area (Å²) in [5.41, 5.74) is 0.0345. The van der Waals surface area contributed by atoms with Gasteiger partial charge in [-0.1, -0.05) is 6.92 Å². The van der Waals surface area contributed by atoms with E-state index in [4.69, 9.17) is 0 Å². The van der Waals surface area contributed by atoms with Crippen molar-refractivity contribution < 1.29 is 30.4 Å². The molecule has 0 amide bonds. The summed E-state index contributed by atoms with van der Waals surface area (Å²) in [7, 11) is -2.45. The number of rotatable bonds is 6. The Balaban J connectivity index is 1.67. The van der Waals surface area contributed by atoms with Gasteiger partial charge in [-0.3, -0.25) is 4.98 Å². The highest BCUT2D eigenvalue weighted by Gasteiger charge is 2.59. The predicted octanol–water partition coefficient (Wildman–Crippen LogP) is 5.12. The Morgan fingerprint density at radius 1 is 1.00 bits per heavy atom. The summed E-state index contributed by atoms with van der Waals surface area (Å²) < 4.78 is 93.9. The van der Waals surface area contributed by atoms with Crippen molar-refractivity contribution in [2.75, 3.05) is 5.75 Å². The van der Waals surface area contributed by atoms with E-state index in [0.29, 0.717) is 35.3 Å². The molecule has 4 aromatic heterocycles. The van der Waals surface area contributed by atoms with E-state index in [2.05, 4.69) is 24.9 Å². The number of hydrogen-bond acceptors (Lipinski definition) is 7. The number of fused-ring (bicyclic) bond motifs is 1. The lowest BCUT2D eigenvalue weighted by molar-refractivity contribution is -0.289. The van der Waals surface area contributed by atoms with E-state index < -0.39 is 27.5 Å². The number of alkyl halides is 5. The maximum absolute atomic E-state index is 13.9. The third-order valence-electron chi connectivity index (χ3n) is 6.36. The molecule has 0 spiro atoms. The zero-order chi connectivity index (χ0) is 27.6. The van der Waals surface area contributed by atoms with Crippen molar-refractivity contribution in [2.24, 2.45) is 7.05 Å². The zero-order valence-electron chi connectivity index (χ0n) is 20.4. The fraction of sp³-hybridized carbons (Fsp3) is 0.375. The Hall–Kier alpha value is -3.55. The van der Waals surface area contributed by atoms with Crippen LogP contribution in [-0.4, -0.2) is 49.8 Å². The van der Waals surface area contributed by atoms with Crippen molar-refractivity contribution in [3.05, 3.63) is 47.7 Å². The van der Waals surface area contributed by atoms with Gasteiger partial charge in [0, 0.05) is 36.6 Å². The number of imidazole rings is 1. The second-order valence-corrected chi connectivity index (χ2v) is 11.4. The number of hydrogen-bond donors (Lipinski definition) is 0. The van der Waals surface area contributed by atoms with E-state index >= 15 is 0 Å². The molecule has 1 aliphatic carbocycles. The molecular weight excluding hydrogens is 531 g/mol. The normalized spacial score (nSPS) is 14.8. The lowest BCUT2D eigenvalue weighted by atomic mass is 10.1. The van der Waals surface area contributed by atoms with Gasteiger partial charge in [0.15, 0.2) is 21.3 Å². The van der Waals surface area contributed by atoms with Gasteiger partial charge >= 0.3 is 12.1 Å². The molecule has 4 heterocycles. The van der Waals surface area contributed by atoms with Crippen LogP contribution in [0, 0.1) is 6.92 Å². The van der Waals surface area contributed by atoms with Crippen molar-refractivity contribution in [3.63, 3.8) is 0 Å². The van der Waals surface area contributed by atoms with E-state index in [-0.39, 0.29) is 33.3 Å². The van der Waals surface area contributed by atoms with Gasteiger partial charge in [-0.25, -0.2) is 28.4 Å². The summed E-state index contributed by atoms with van der Waals surface area (Å²) in [5, 5.41) is 0. The molecule has 1 fully saturated rings. The van der Waals surface area contributed by atoms with Crippen LogP contribution in [0.3, 0.4) is 0 Å². The van der Waals surface area contributed by atoms with Crippen LogP contribution in [0.4, 0.5) is 22.0 Å². The summed E-state index contributed by atoms with van der Waals surface area (Å²) in [6.07, 6.45) is -1.95. The molecule has 0 bridgehead atoms. The predicted molar refractivity (Wildman–Crippen MR) is 127 cm³/mol. The molecule has 0 N–H and O–H groups in total. The van der Waals surface area contributed by atoms with Crippen LogP contribution in [0.25, 0.3) is 33.9 Å². The monoisotopic (exact) mass is 552 g/mol. The van der Waals surface area contributed by atoms with Gasteiger partial charge in [0.1, 0.15) is 17.0 Å². The average molecular weight is 553 g/mol. The Labute approximate surface area is 213 Å². The largest absolute Gasteiger partial charge is 0.458 e. The first-order chi connectivity index (χ1) is 17.7. The number of nitrogens with zero attached hydrogens (tertiary/aromatic N) is 6. The van der Waals surface area contributed by atoms with Crippen LogP contribution < -0.4 is 0 Å². The molecule has 38 heavy (non-hydrogen) atoms. The third kappa shape index (κ3) is 4.40. The molecule has 0 unspecified atom stereocenters. The summed E-state index contributed by atoms with van der Waals surface area (Å²) in [5.74, 6) is -4.61. The third-order valence-corrected chi connectivity index (χ3v) is 8.10. The van der Waals surface area contributed by atoms with Crippen molar-refractivity contribution in [2.45, 2.75) is 49.6 Å². The first-order valence-corrected chi connectivity index (χ1v) is 13.2. The van der Waals surface area contributed by atoms with Crippen LogP contribution >= 0.6 is 0 Å². The second-order valence-electron chi connectivity index (χ2n) is 9.11. The first-order valence-electron chi connectivity index (χ1n) is 11.6. The van der Waals surface area contributed by atoms with E-state index in [1.54, 1.807) is 13.0 Å². The van der Waals surface area contributed by atoms with Crippen LogP contribution in [-0.2, 0) is 22.8 Å². The molecule has 1 aliphatic rings. The van der Waals surface area contributed by atoms with Gasteiger partial charge in [-0.2, -0.15) is 22.0 Å². The molecular formula is C24H21F5N6O2S. The fourth-order valence-electron chi connectivity index (χ4n) is 4.10. The molecule has 1 saturated carbocycles. The van der Waals surface area contributed by atoms with Crippen LogP contribution in [0.5, 0.6) is 0 Å². The highest BCUT2D eigenvalue weighted by Crippen LogP contribution is 2.44. The maximum atomic E-state index is 13.9. The summed E-state index contributed by atoms with van der Waals surface area (Å²) in [4.78, 5) is 21.0. The molecule has 0 aromatic carbocycles. The lowest BCUT2D eigenvalue weighted by Gasteiger charge is -2.19. The summed E-state index contributed by atoms with van der Waals surface area (Å²) >= 11 is 0. The maximum Gasteiger partial charge on any atom is 0.458 e. The smallest absolute Gasteiger partial charge is 0.310 e. The van der Waals surface area contributed by atoms with E-state index in [1.165, 1.54) is 30.8 Å². The van der Waals surface area contributed by atoms with Crippen LogP contribution in [0.2, 0.25) is 0 Å². The van der Waals surface area contributed by atoms with E-state index in [0.717, 1.165) is 18.5 Å². The second kappa shape index (κ2) is 8.75.